The Hall–Kier alpha value is -4.46. The van der Waals surface area contributed by atoms with Crippen LogP contribution in [-0.4, -0.2) is 47.2 Å². The molecule has 0 unspecified atom stereocenters. The summed E-state index contributed by atoms with van der Waals surface area (Å²) in [7, 11) is 2.82. The Kier molecular flexibility index (Phi) is 7.32. The third-order valence-electron chi connectivity index (χ3n) is 7.65. The molecule has 8 nitrogen and oxygen atoms in total. The number of carbonyl (C=O) groups is 2. The van der Waals surface area contributed by atoms with Gasteiger partial charge in [-0.1, -0.05) is 33.8 Å². The van der Waals surface area contributed by atoms with Crippen molar-refractivity contribution in [2.45, 2.75) is 53.4 Å². The van der Waals surface area contributed by atoms with Gasteiger partial charge in [0.1, 0.15) is 11.5 Å². The van der Waals surface area contributed by atoms with Crippen LogP contribution in [0.1, 0.15) is 82.5 Å². The fraction of sp³-hybridized carbons (Fsp3) is 0.312. The van der Waals surface area contributed by atoms with E-state index >= 15 is 0 Å². The van der Waals surface area contributed by atoms with Crippen molar-refractivity contribution in [1.29, 1.82) is 0 Å². The van der Waals surface area contributed by atoms with Crippen molar-refractivity contribution < 1.29 is 39.5 Å². The number of rotatable bonds is 7. The maximum atomic E-state index is 12.2. The maximum Gasteiger partial charge on any atom is 0.169 e. The summed E-state index contributed by atoms with van der Waals surface area (Å²) in [6.45, 7) is 11.2. The molecule has 0 heterocycles. The highest BCUT2D eigenvalue weighted by Crippen LogP contribution is 2.54. The number of hydrogen-bond acceptors (Lipinski definition) is 8. The molecule has 0 bridgehead atoms. The van der Waals surface area contributed by atoms with Crippen LogP contribution in [0.25, 0.3) is 32.7 Å². The van der Waals surface area contributed by atoms with Gasteiger partial charge in [0.15, 0.2) is 35.6 Å². The van der Waals surface area contributed by atoms with Crippen molar-refractivity contribution in [3.05, 3.63) is 45.5 Å². The monoisotopic (exact) mass is 546 g/mol. The van der Waals surface area contributed by atoms with E-state index in [0.29, 0.717) is 51.0 Å². The Balaban J connectivity index is 2.29. The van der Waals surface area contributed by atoms with Crippen LogP contribution < -0.4 is 9.47 Å². The number of carbonyl (C=O) groups excluding carboxylic acids is 2. The van der Waals surface area contributed by atoms with Crippen LogP contribution in [0.2, 0.25) is 0 Å². The molecule has 0 aliphatic heterocycles. The zero-order valence-electron chi connectivity index (χ0n) is 23.9. The molecule has 0 aliphatic rings. The molecular weight excluding hydrogens is 512 g/mol. The predicted octanol–water partition coefficient (Wildman–Crippen LogP) is 6.99. The molecule has 210 valence electrons. The van der Waals surface area contributed by atoms with Crippen LogP contribution in [0, 0.1) is 13.8 Å². The van der Waals surface area contributed by atoms with E-state index in [0.717, 1.165) is 0 Å². The number of aromatic hydroxyl groups is 4. The third-order valence-corrected chi connectivity index (χ3v) is 7.65. The molecule has 0 radical (unpaired) electrons. The zero-order chi connectivity index (χ0) is 29.8. The van der Waals surface area contributed by atoms with Gasteiger partial charge in [-0.2, -0.15) is 0 Å². The van der Waals surface area contributed by atoms with Gasteiger partial charge >= 0.3 is 0 Å². The lowest BCUT2D eigenvalue weighted by Crippen LogP contribution is -2.04. The summed E-state index contributed by atoms with van der Waals surface area (Å²) in [5.41, 5.74) is 2.79. The summed E-state index contributed by atoms with van der Waals surface area (Å²) < 4.78 is 11.0. The van der Waals surface area contributed by atoms with Gasteiger partial charge < -0.3 is 29.9 Å². The second-order valence-electron chi connectivity index (χ2n) is 10.6. The Morgan fingerprint density at radius 2 is 1.20 bits per heavy atom. The fourth-order valence-electron chi connectivity index (χ4n) is 6.03. The number of ether oxygens (including phenoxy) is 2. The van der Waals surface area contributed by atoms with Crippen LogP contribution in [0.15, 0.2) is 12.1 Å². The highest BCUT2D eigenvalue weighted by molar-refractivity contribution is 6.13. The Bertz CT molecular complexity index is 1710. The van der Waals surface area contributed by atoms with Gasteiger partial charge in [0.25, 0.3) is 0 Å². The normalized spacial score (nSPS) is 11.6. The smallest absolute Gasteiger partial charge is 0.169 e. The van der Waals surface area contributed by atoms with Crippen LogP contribution in [-0.2, 0) is 0 Å². The Labute approximate surface area is 232 Å². The van der Waals surface area contributed by atoms with E-state index in [1.165, 1.54) is 20.3 Å². The Morgan fingerprint density at radius 3 is 1.70 bits per heavy atom. The zero-order valence-corrected chi connectivity index (χ0v) is 23.9. The topological polar surface area (TPSA) is 134 Å². The van der Waals surface area contributed by atoms with Crippen molar-refractivity contribution in [2.24, 2.45) is 0 Å². The SMILES string of the molecule is COc1c(O)c(C=O)c2c(O)c(-c3c(O)cc4c(C=O)c(O)c(OC)c(C(C)C)c4c3C)c(C)cc2c1C(C)C. The van der Waals surface area contributed by atoms with Gasteiger partial charge in [0.2, 0.25) is 0 Å². The van der Waals surface area contributed by atoms with Gasteiger partial charge in [-0.15, -0.1) is 0 Å². The van der Waals surface area contributed by atoms with E-state index in [1.54, 1.807) is 19.9 Å². The third kappa shape index (κ3) is 3.89. The highest BCUT2D eigenvalue weighted by Gasteiger charge is 2.30. The summed E-state index contributed by atoms with van der Waals surface area (Å²) in [6, 6.07) is 3.19. The number of hydrogen-bond donors (Lipinski definition) is 4. The minimum Gasteiger partial charge on any atom is -0.507 e. The van der Waals surface area contributed by atoms with Gasteiger partial charge in [0, 0.05) is 33.0 Å². The molecule has 8 heteroatoms. The first-order valence-electron chi connectivity index (χ1n) is 13.0. The number of fused-ring (bicyclic) bond motifs is 2. The van der Waals surface area contributed by atoms with Crippen LogP contribution in [0.3, 0.4) is 0 Å². The Morgan fingerprint density at radius 1 is 0.675 bits per heavy atom. The molecule has 4 rings (SSSR count). The summed E-state index contributed by atoms with van der Waals surface area (Å²) in [6.07, 6.45) is 0.985. The minimum atomic E-state index is -0.379. The highest BCUT2D eigenvalue weighted by atomic mass is 16.5. The van der Waals surface area contributed by atoms with Crippen molar-refractivity contribution in [1.82, 2.24) is 0 Å². The van der Waals surface area contributed by atoms with E-state index in [9.17, 15) is 30.0 Å². The van der Waals surface area contributed by atoms with E-state index in [4.69, 9.17) is 9.47 Å². The molecular formula is C32H34O8. The van der Waals surface area contributed by atoms with E-state index < -0.39 is 0 Å². The van der Waals surface area contributed by atoms with Gasteiger partial charge in [-0.3, -0.25) is 9.59 Å². The number of benzene rings is 4. The number of aryl methyl sites for hydroxylation is 2. The molecule has 0 amide bonds. The van der Waals surface area contributed by atoms with E-state index in [-0.39, 0.29) is 74.0 Å². The first kappa shape index (κ1) is 28.5. The molecule has 0 aromatic heterocycles. The average Bonchev–Trinajstić information content (AvgIpc) is 2.89. The average molecular weight is 547 g/mol. The molecule has 4 N–H and O–H groups in total. The molecule has 4 aromatic rings. The molecule has 0 fully saturated rings. The first-order chi connectivity index (χ1) is 18.9. The molecule has 0 aliphatic carbocycles. The lowest BCUT2D eigenvalue weighted by molar-refractivity contribution is 0.111. The van der Waals surface area contributed by atoms with Crippen molar-refractivity contribution >= 4 is 34.1 Å². The lowest BCUT2D eigenvalue weighted by atomic mass is 9.82. The summed E-state index contributed by atoms with van der Waals surface area (Å²) >= 11 is 0. The minimum absolute atomic E-state index is 0.0255. The summed E-state index contributed by atoms with van der Waals surface area (Å²) in [5, 5.41) is 46.6. The second kappa shape index (κ2) is 10.3. The van der Waals surface area contributed by atoms with Crippen LogP contribution in [0.5, 0.6) is 34.5 Å². The van der Waals surface area contributed by atoms with Gasteiger partial charge in [-0.25, -0.2) is 0 Å². The molecule has 0 atom stereocenters. The van der Waals surface area contributed by atoms with Gasteiger partial charge in [-0.05, 0) is 53.6 Å². The fourth-order valence-corrected chi connectivity index (χ4v) is 6.03. The molecule has 40 heavy (non-hydrogen) atoms. The number of phenols is 4. The number of phenolic OH excluding ortho intramolecular Hbond substituents is 4. The largest absolute Gasteiger partial charge is 0.507 e. The predicted molar refractivity (Wildman–Crippen MR) is 155 cm³/mol. The quantitative estimate of drug-likeness (QED) is 0.182. The molecule has 4 aromatic carbocycles. The number of methoxy groups -OCH3 is 2. The summed E-state index contributed by atoms with van der Waals surface area (Å²) in [4.78, 5) is 24.3. The first-order valence-corrected chi connectivity index (χ1v) is 13.0. The molecule has 0 saturated heterocycles. The maximum absolute atomic E-state index is 12.2. The van der Waals surface area contributed by atoms with Gasteiger partial charge in [0.05, 0.1) is 25.3 Å². The molecule has 0 spiro atoms. The van der Waals surface area contributed by atoms with Crippen LogP contribution >= 0.6 is 0 Å². The van der Waals surface area contributed by atoms with Crippen LogP contribution in [0.4, 0.5) is 0 Å². The molecule has 0 saturated carbocycles. The van der Waals surface area contributed by atoms with Crippen molar-refractivity contribution in [2.75, 3.05) is 14.2 Å². The van der Waals surface area contributed by atoms with E-state index in [1.807, 2.05) is 27.7 Å². The lowest BCUT2D eigenvalue weighted by Gasteiger charge is -2.24. The van der Waals surface area contributed by atoms with Crippen molar-refractivity contribution in [3.8, 4) is 45.6 Å². The van der Waals surface area contributed by atoms with Crippen molar-refractivity contribution in [3.63, 3.8) is 0 Å². The van der Waals surface area contributed by atoms with E-state index in [2.05, 4.69) is 0 Å². The second-order valence-corrected chi connectivity index (χ2v) is 10.6. The summed E-state index contributed by atoms with van der Waals surface area (Å²) in [5.74, 6) is -1.17. The number of aldehydes is 2. The standard InChI is InChI=1S/C32H34O8/c1-13(2)22-18-9-15(5)24(30(38)27(18)20(12-34)29(37)31(22)39-7)26-16(6)25-17(10-21(26)35)19(11-33)28(36)32(40-8)23(25)14(3)4/h9-14,35-38H,1-8H3.